The van der Waals surface area contributed by atoms with E-state index in [0.29, 0.717) is 0 Å². The van der Waals surface area contributed by atoms with E-state index in [2.05, 4.69) is 143 Å². The van der Waals surface area contributed by atoms with Crippen LogP contribution in [0.1, 0.15) is 11.1 Å². The largest absolute Gasteiger partial charge is 0.244 e. The van der Waals surface area contributed by atoms with E-state index in [4.69, 9.17) is 0 Å². The summed E-state index contributed by atoms with van der Waals surface area (Å²) in [7, 11) is 0. The summed E-state index contributed by atoms with van der Waals surface area (Å²) in [5.74, 6) is 0. The summed E-state index contributed by atoms with van der Waals surface area (Å²) in [5.41, 5.74) is 13.6. The number of aryl methyl sites for hydroxylation is 2. The lowest BCUT2D eigenvalue weighted by molar-refractivity contribution is 1.17. The van der Waals surface area contributed by atoms with Gasteiger partial charge in [-0.1, -0.05) is 96.1 Å². The van der Waals surface area contributed by atoms with Crippen molar-refractivity contribution in [2.75, 3.05) is 0 Å². The maximum absolute atomic E-state index is 4.38. The number of nitrogens with zero attached hydrogens (tertiary/aromatic N) is 4. The van der Waals surface area contributed by atoms with Gasteiger partial charge in [0.05, 0.1) is 0 Å². The second-order valence-corrected chi connectivity index (χ2v) is 11.8. The van der Waals surface area contributed by atoms with Gasteiger partial charge in [0.25, 0.3) is 0 Å². The van der Waals surface area contributed by atoms with Crippen LogP contribution in [0.5, 0.6) is 0 Å². The number of aromatic nitrogens is 4. The number of benzene rings is 6. The highest BCUT2D eigenvalue weighted by Crippen LogP contribution is 2.42. The van der Waals surface area contributed by atoms with Crippen molar-refractivity contribution in [3.05, 3.63) is 158 Å². The third-order valence-corrected chi connectivity index (χ3v) is 8.73. The Morgan fingerprint density at radius 3 is 1.15 bits per heavy atom. The summed E-state index contributed by atoms with van der Waals surface area (Å²) < 4.78 is 0. The summed E-state index contributed by atoms with van der Waals surface area (Å²) in [6, 6.07) is 39.8. The molecule has 6 aromatic carbocycles. The van der Waals surface area contributed by atoms with Crippen LogP contribution in [-0.4, -0.2) is 19.9 Å². The summed E-state index contributed by atoms with van der Waals surface area (Å²) in [4.78, 5) is 17.5. The Balaban J connectivity index is 1.46. The molecule has 0 saturated carbocycles. The van der Waals surface area contributed by atoms with E-state index >= 15 is 0 Å². The lowest BCUT2D eigenvalue weighted by Crippen LogP contribution is -1.92. The highest BCUT2D eigenvalue weighted by atomic mass is 14.8. The van der Waals surface area contributed by atoms with Crippen LogP contribution < -0.4 is 0 Å². The smallest absolute Gasteiger partial charge is 0.115 e. The minimum Gasteiger partial charge on any atom is -0.244 e. The fourth-order valence-electron chi connectivity index (χ4n) is 6.59. The molecule has 0 bridgehead atoms. The van der Waals surface area contributed by atoms with Gasteiger partial charge in [0.2, 0.25) is 0 Å². The van der Waals surface area contributed by atoms with Gasteiger partial charge in [-0.3, -0.25) is 0 Å². The van der Waals surface area contributed by atoms with Crippen molar-refractivity contribution in [3.8, 4) is 55.6 Å². The average Bonchev–Trinajstić information content (AvgIpc) is 3.11. The molecule has 2 heterocycles. The summed E-state index contributed by atoms with van der Waals surface area (Å²) >= 11 is 0. The molecule has 0 spiro atoms. The third-order valence-electron chi connectivity index (χ3n) is 8.73. The Hall–Kier alpha value is -6.00. The average molecular weight is 591 g/mol. The SMILES string of the molecule is Cc1cccc(-c2cccc3c(-c4cncnc4)cc(-c4cc(-c5cncnc5)c5cccc(-c6cccc(C)c6)c5c4)cc23)c1. The van der Waals surface area contributed by atoms with Gasteiger partial charge in [-0.25, -0.2) is 19.9 Å². The minimum absolute atomic E-state index is 0.980. The highest BCUT2D eigenvalue weighted by Gasteiger charge is 2.16. The maximum atomic E-state index is 4.38. The van der Waals surface area contributed by atoms with E-state index in [1.165, 1.54) is 44.2 Å². The Kier molecular flexibility index (Phi) is 6.88. The van der Waals surface area contributed by atoms with Gasteiger partial charge in [0, 0.05) is 35.9 Å². The van der Waals surface area contributed by atoms with Crippen LogP contribution in [0.4, 0.5) is 0 Å². The van der Waals surface area contributed by atoms with E-state index < -0.39 is 0 Å². The molecule has 0 amide bonds. The molecular formula is C42H30N4. The molecular weight excluding hydrogens is 560 g/mol. The Bertz CT molecular complexity index is 2210. The molecule has 4 heteroatoms. The standard InChI is InChI=1S/C42H30N4/c1-27-7-3-9-29(15-27)35-11-5-13-37-39(33-21-43-25-44-22-33)17-31(19-41(35)37)32-18-40(34-23-45-26-46-24-34)38-14-6-12-36(42(38)20-32)30-10-4-8-28(2)16-30/h3-26H,1-2H3. The van der Waals surface area contributed by atoms with E-state index in [1.807, 2.05) is 24.8 Å². The van der Waals surface area contributed by atoms with E-state index in [1.54, 1.807) is 12.7 Å². The van der Waals surface area contributed by atoms with Gasteiger partial charge in [0.1, 0.15) is 12.7 Å². The van der Waals surface area contributed by atoms with Crippen LogP contribution in [0, 0.1) is 13.8 Å². The molecule has 0 aliphatic rings. The summed E-state index contributed by atoms with van der Waals surface area (Å²) in [5, 5.41) is 4.69. The fraction of sp³-hybridized carbons (Fsp3) is 0.0476. The van der Waals surface area contributed by atoms with Crippen molar-refractivity contribution in [3.63, 3.8) is 0 Å². The predicted molar refractivity (Wildman–Crippen MR) is 189 cm³/mol. The molecule has 8 rings (SSSR count). The van der Waals surface area contributed by atoms with Crippen molar-refractivity contribution in [2.24, 2.45) is 0 Å². The zero-order chi connectivity index (χ0) is 31.0. The third kappa shape index (κ3) is 5.00. The molecule has 218 valence electrons. The number of hydrogen-bond acceptors (Lipinski definition) is 4. The highest BCUT2D eigenvalue weighted by molar-refractivity contribution is 6.10. The van der Waals surface area contributed by atoms with E-state index in [-0.39, 0.29) is 0 Å². The van der Waals surface area contributed by atoms with Gasteiger partial charge < -0.3 is 0 Å². The second kappa shape index (κ2) is 11.5. The van der Waals surface area contributed by atoms with Crippen molar-refractivity contribution in [1.82, 2.24) is 19.9 Å². The molecule has 46 heavy (non-hydrogen) atoms. The van der Waals surface area contributed by atoms with Gasteiger partial charge in [-0.15, -0.1) is 0 Å². The number of fused-ring (bicyclic) bond motifs is 2. The summed E-state index contributed by atoms with van der Waals surface area (Å²) in [6.07, 6.45) is 10.7. The Morgan fingerprint density at radius 2 is 0.739 bits per heavy atom. The van der Waals surface area contributed by atoms with Crippen LogP contribution in [0.15, 0.2) is 147 Å². The van der Waals surface area contributed by atoms with Crippen molar-refractivity contribution in [1.29, 1.82) is 0 Å². The van der Waals surface area contributed by atoms with Crippen LogP contribution in [0.2, 0.25) is 0 Å². The molecule has 0 fully saturated rings. The molecule has 0 radical (unpaired) electrons. The predicted octanol–water partition coefficient (Wildman–Crippen LogP) is 10.5. The molecule has 0 atom stereocenters. The molecule has 0 unspecified atom stereocenters. The molecule has 2 aromatic heterocycles. The van der Waals surface area contributed by atoms with Crippen LogP contribution >= 0.6 is 0 Å². The first-order chi connectivity index (χ1) is 22.6. The topological polar surface area (TPSA) is 51.6 Å². The normalized spacial score (nSPS) is 11.3. The van der Waals surface area contributed by atoms with Crippen molar-refractivity contribution >= 4 is 21.5 Å². The van der Waals surface area contributed by atoms with Crippen molar-refractivity contribution < 1.29 is 0 Å². The molecule has 0 aliphatic carbocycles. The lowest BCUT2D eigenvalue weighted by atomic mass is 9.87. The monoisotopic (exact) mass is 590 g/mol. The number of hydrogen-bond donors (Lipinski definition) is 0. The Morgan fingerprint density at radius 1 is 0.326 bits per heavy atom. The van der Waals surface area contributed by atoms with Gasteiger partial charge >= 0.3 is 0 Å². The number of rotatable bonds is 5. The lowest BCUT2D eigenvalue weighted by Gasteiger charge is -2.17. The van der Waals surface area contributed by atoms with Gasteiger partial charge in [-0.05, 0) is 104 Å². The summed E-state index contributed by atoms with van der Waals surface area (Å²) in [6.45, 7) is 4.28. The molecule has 0 saturated heterocycles. The maximum Gasteiger partial charge on any atom is 0.115 e. The first kappa shape index (κ1) is 27.5. The second-order valence-electron chi connectivity index (χ2n) is 11.8. The van der Waals surface area contributed by atoms with Crippen molar-refractivity contribution in [2.45, 2.75) is 13.8 Å². The quantitative estimate of drug-likeness (QED) is 0.200. The molecule has 0 N–H and O–H groups in total. The van der Waals surface area contributed by atoms with E-state index in [9.17, 15) is 0 Å². The van der Waals surface area contributed by atoms with Crippen LogP contribution in [-0.2, 0) is 0 Å². The molecule has 0 aliphatic heterocycles. The zero-order valence-electron chi connectivity index (χ0n) is 25.6. The fourth-order valence-corrected chi connectivity index (χ4v) is 6.59. The van der Waals surface area contributed by atoms with Gasteiger partial charge in [-0.2, -0.15) is 0 Å². The van der Waals surface area contributed by atoms with Crippen LogP contribution in [0.25, 0.3) is 77.2 Å². The molecule has 4 nitrogen and oxygen atoms in total. The first-order valence-corrected chi connectivity index (χ1v) is 15.4. The van der Waals surface area contributed by atoms with Crippen LogP contribution in [0.3, 0.4) is 0 Å². The first-order valence-electron chi connectivity index (χ1n) is 15.4. The van der Waals surface area contributed by atoms with E-state index in [0.717, 1.165) is 44.2 Å². The minimum atomic E-state index is 0.980. The van der Waals surface area contributed by atoms with Gasteiger partial charge in [0.15, 0.2) is 0 Å². The Labute approximate surface area is 268 Å². The zero-order valence-corrected chi connectivity index (χ0v) is 25.6. The molecule has 8 aromatic rings.